The van der Waals surface area contributed by atoms with E-state index in [4.69, 9.17) is 14.9 Å². The summed E-state index contributed by atoms with van der Waals surface area (Å²) in [6, 6.07) is 4.60. The number of likely N-dealkylation sites (tertiary alicyclic amines) is 1. The van der Waals surface area contributed by atoms with Gasteiger partial charge in [0.05, 0.1) is 5.56 Å². The first-order chi connectivity index (χ1) is 15.2. The maximum atomic E-state index is 12.8. The summed E-state index contributed by atoms with van der Waals surface area (Å²) in [4.78, 5) is 35.5. The van der Waals surface area contributed by atoms with Crippen molar-refractivity contribution in [3.05, 3.63) is 35.4 Å². The zero-order chi connectivity index (χ0) is 23.7. The van der Waals surface area contributed by atoms with Gasteiger partial charge < -0.3 is 20.3 Å². The van der Waals surface area contributed by atoms with Gasteiger partial charge in [0.25, 0.3) is 5.91 Å². The highest BCUT2D eigenvalue weighted by Crippen LogP contribution is 2.36. The lowest BCUT2D eigenvalue weighted by molar-refractivity contribution is -0.134. The van der Waals surface area contributed by atoms with E-state index in [9.17, 15) is 14.4 Å². The quantitative estimate of drug-likeness (QED) is 0.397. The minimum Gasteiger partial charge on any atom is -0.489 e. The van der Waals surface area contributed by atoms with Crippen LogP contribution in [0.1, 0.15) is 49.0 Å². The molecule has 1 aromatic carbocycles. The number of carboxylic acid groups (broad SMARTS) is 2. The summed E-state index contributed by atoms with van der Waals surface area (Å²) >= 11 is 1.67. The standard InChI is InChI=1S/C19H28N2O2S.C4H4O4/c1-4-7-21-8-5-6-15(21)12-20-19(22)17-11-16(24-3)10-14-9-13(2)23-18(14)17;5-3(6)1-2-4(7)8/h10-11,13,15H,4-9,12H2,1-3H3,(H,20,22);1-2H,(H,5,6)(H,7,8)/b;2-1+. The molecule has 2 unspecified atom stereocenters. The lowest BCUT2D eigenvalue weighted by atomic mass is 10.1. The van der Waals surface area contributed by atoms with Crippen molar-refractivity contribution in [3.8, 4) is 5.75 Å². The number of carbonyl (C=O) groups is 3. The molecule has 176 valence electrons. The Morgan fingerprint density at radius 2 is 1.94 bits per heavy atom. The van der Waals surface area contributed by atoms with Crippen molar-refractivity contribution < 1.29 is 29.3 Å². The molecule has 8 nitrogen and oxygen atoms in total. The Kier molecular flexibility index (Phi) is 10.1. The van der Waals surface area contributed by atoms with Gasteiger partial charge in [-0.1, -0.05) is 6.92 Å². The van der Waals surface area contributed by atoms with Gasteiger partial charge in [-0.3, -0.25) is 9.69 Å². The second-order valence-corrected chi connectivity index (χ2v) is 8.73. The number of carboxylic acids is 2. The molecule has 1 amide bonds. The zero-order valence-corrected chi connectivity index (χ0v) is 19.6. The third kappa shape index (κ3) is 7.56. The predicted molar refractivity (Wildman–Crippen MR) is 124 cm³/mol. The summed E-state index contributed by atoms with van der Waals surface area (Å²) in [6.45, 7) is 7.28. The minimum atomic E-state index is -1.26. The summed E-state index contributed by atoms with van der Waals surface area (Å²) in [5, 5.41) is 18.8. The van der Waals surface area contributed by atoms with E-state index >= 15 is 0 Å². The second-order valence-electron chi connectivity index (χ2n) is 7.85. The van der Waals surface area contributed by atoms with Crippen LogP contribution in [0.3, 0.4) is 0 Å². The lowest BCUT2D eigenvalue weighted by Gasteiger charge is -2.24. The smallest absolute Gasteiger partial charge is 0.328 e. The Balaban J connectivity index is 0.000000390. The Morgan fingerprint density at radius 1 is 1.25 bits per heavy atom. The number of thioether (sulfide) groups is 1. The summed E-state index contributed by atoms with van der Waals surface area (Å²) in [5.74, 6) is -1.73. The SMILES string of the molecule is CCCN1CCCC1CNC(=O)c1cc(SC)cc2c1OC(C)C2.O=C(O)/C=C/C(=O)O. The molecule has 2 atom stereocenters. The molecule has 0 aliphatic carbocycles. The van der Waals surface area contributed by atoms with Gasteiger partial charge in [0.2, 0.25) is 0 Å². The number of rotatable bonds is 8. The van der Waals surface area contributed by atoms with Crippen molar-refractivity contribution in [1.29, 1.82) is 0 Å². The fourth-order valence-corrected chi connectivity index (χ4v) is 4.44. The minimum absolute atomic E-state index is 0.000372. The summed E-state index contributed by atoms with van der Waals surface area (Å²) < 4.78 is 5.91. The van der Waals surface area contributed by atoms with Crippen LogP contribution in [0.15, 0.2) is 29.2 Å². The van der Waals surface area contributed by atoms with Gasteiger partial charge in [0.15, 0.2) is 0 Å². The Hall–Kier alpha value is -2.52. The van der Waals surface area contributed by atoms with E-state index in [1.807, 2.05) is 12.3 Å². The topological polar surface area (TPSA) is 116 Å². The van der Waals surface area contributed by atoms with E-state index in [0.29, 0.717) is 23.8 Å². The maximum Gasteiger partial charge on any atom is 0.328 e. The number of nitrogens with one attached hydrogen (secondary N) is 1. The van der Waals surface area contributed by atoms with Crippen LogP contribution in [-0.4, -0.2) is 71.0 Å². The Bertz CT molecular complexity index is 841. The van der Waals surface area contributed by atoms with Gasteiger partial charge in [-0.15, -0.1) is 11.8 Å². The van der Waals surface area contributed by atoms with E-state index in [0.717, 1.165) is 42.3 Å². The average molecular weight is 465 g/mol. The summed E-state index contributed by atoms with van der Waals surface area (Å²) in [7, 11) is 0. The van der Waals surface area contributed by atoms with Crippen molar-refractivity contribution in [3.63, 3.8) is 0 Å². The first-order valence-electron chi connectivity index (χ1n) is 10.8. The third-order valence-electron chi connectivity index (χ3n) is 5.32. The second kappa shape index (κ2) is 12.5. The van der Waals surface area contributed by atoms with Gasteiger partial charge in [-0.25, -0.2) is 9.59 Å². The van der Waals surface area contributed by atoms with Gasteiger partial charge in [-0.05, 0) is 63.2 Å². The number of hydrogen-bond donors (Lipinski definition) is 3. The van der Waals surface area contributed by atoms with Gasteiger partial charge in [-0.2, -0.15) is 0 Å². The summed E-state index contributed by atoms with van der Waals surface area (Å²) in [5.41, 5.74) is 1.86. The fraction of sp³-hybridized carbons (Fsp3) is 0.522. The van der Waals surface area contributed by atoms with Crippen LogP contribution < -0.4 is 10.1 Å². The molecular weight excluding hydrogens is 432 g/mol. The van der Waals surface area contributed by atoms with Crippen LogP contribution in [0.2, 0.25) is 0 Å². The molecule has 9 heteroatoms. The largest absolute Gasteiger partial charge is 0.489 e. The van der Waals surface area contributed by atoms with Crippen LogP contribution in [0.4, 0.5) is 0 Å². The molecule has 1 saturated heterocycles. The predicted octanol–water partition coefficient (Wildman–Crippen LogP) is 3.05. The van der Waals surface area contributed by atoms with Crippen molar-refractivity contribution in [2.45, 2.75) is 56.6 Å². The van der Waals surface area contributed by atoms with E-state index < -0.39 is 11.9 Å². The highest BCUT2D eigenvalue weighted by molar-refractivity contribution is 7.98. The average Bonchev–Trinajstić information content (AvgIpc) is 3.35. The molecule has 1 fully saturated rings. The molecule has 2 heterocycles. The molecule has 0 spiro atoms. The van der Waals surface area contributed by atoms with E-state index in [1.165, 1.54) is 19.3 Å². The third-order valence-corrected chi connectivity index (χ3v) is 6.03. The van der Waals surface area contributed by atoms with Gasteiger partial charge in [0.1, 0.15) is 11.9 Å². The molecule has 2 aliphatic rings. The number of aliphatic carboxylic acids is 2. The highest BCUT2D eigenvalue weighted by atomic mass is 32.2. The van der Waals surface area contributed by atoms with E-state index in [-0.39, 0.29) is 12.0 Å². The monoisotopic (exact) mass is 464 g/mol. The molecule has 2 aliphatic heterocycles. The van der Waals surface area contributed by atoms with E-state index in [1.54, 1.807) is 11.8 Å². The lowest BCUT2D eigenvalue weighted by Crippen LogP contribution is -2.40. The van der Waals surface area contributed by atoms with Gasteiger partial charge in [0, 0.05) is 36.1 Å². The molecular formula is C23H32N2O6S. The molecule has 0 bridgehead atoms. The highest BCUT2D eigenvalue weighted by Gasteiger charge is 2.28. The first kappa shape index (κ1) is 25.7. The van der Waals surface area contributed by atoms with Crippen LogP contribution in [0.5, 0.6) is 5.75 Å². The molecule has 3 N–H and O–H groups in total. The number of hydrogen-bond acceptors (Lipinski definition) is 6. The van der Waals surface area contributed by atoms with Gasteiger partial charge >= 0.3 is 11.9 Å². The van der Waals surface area contributed by atoms with Crippen LogP contribution >= 0.6 is 11.8 Å². The van der Waals surface area contributed by atoms with Crippen LogP contribution in [-0.2, 0) is 16.0 Å². The molecule has 0 radical (unpaired) electrons. The first-order valence-corrected chi connectivity index (χ1v) is 12.0. The number of fused-ring (bicyclic) bond motifs is 1. The molecule has 3 rings (SSSR count). The normalized spacial score (nSPS) is 19.7. The molecule has 1 aromatic rings. The van der Waals surface area contributed by atoms with Crippen LogP contribution in [0.25, 0.3) is 0 Å². The van der Waals surface area contributed by atoms with Crippen molar-refractivity contribution in [1.82, 2.24) is 10.2 Å². The van der Waals surface area contributed by atoms with Crippen molar-refractivity contribution >= 4 is 29.6 Å². The maximum absolute atomic E-state index is 12.8. The van der Waals surface area contributed by atoms with Crippen LogP contribution in [0, 0.1) is 0 Å². The molecule has 0 saturated carbocycles. The summed E-state index contributed by atoms with van der Waals surface area (Å²) in [6.07, 6.45) is 7.78. The van der Waals surface area contributed by atoms with Crippen molar-refractivity contribution in [2.75, 3.05) is 25.9 Å². The zero-order valence-electron chi connectivity index (χ0n) is 18.8. The number of nitrogens with zero attached hydrogens (tertiary/aromatic N) is 1. The number of benzene rings is 1. The number of carbonyl (C=O) groups excluding carboxylic acids is 1. The molecule has 0 aromatic heterocycles. The Labute approximate surface area is 193 Å². The molecule has 32 heavy (non-hydrogen) atoms. The van der Waals surface area contributed by atoms with Crippen molar-refractivity contribution in [2.24, 2.45) is 0 Å². The number of ether oxygens (including phenoxy) is 1. The fourth-order valence-electron chi connectivity index (χ4n) is 3.95. The Morgan fingerprint density at radius 3 is 2.53 bits per heavy atom. The van der Waals surface area contributed by atoms with E-state index in [2.05, 4.69) is 30.1 Å². The number of amides is 1.